The molecule has 0 bridgehead atoms. The highest BCUT2D eigenvalue weighted by Crippen LogP contribution is 2.23. The van der Waals surface area contributed by atoms with Crippen molar-refractivity contribution in [3.8, 4) is 0 Å². The van der Waals surface area contributed by atoms with Crippen LogP contribution in [-0.4, -0.2) is 0 Å². The van der Waals surface area contributed by atoms with E-state index in [2.05, 4.69) is 8.83 Å². The van der Waals surface area contributed by atoms with E-state index in [1.165, 1.54) is 12.1 Å². The molecule has 24 heavy (non-hydrogen) atoms. The number of fused-ring (bicyclic) bond motifs is 2. The maximum atomic E-state index is 12.0. The van der Waals surface area contributed by atoms with E-state index in [1.54, 1.807) is 6.08 Å². The minimum atomic E-state index is -0.849. The first-order chi connectivity index (χ1) is 11.6. The number of benzene rings is 2. The Morgan fingerprint density at radius 2 is 1.21 bits per heavy atom. The largest absolute Gasteiger partial charge is 0.386 e. The molecule has 2 aromatic heterocycles. The van der Waals surface area contributed by atoms with E-state index in [0.717, 1.165) is 5.56 Å². The summed E-state index contributed by atoms with van der Waals surface area (Å²) in [5.41, 5.74) is -2.42. The van der Waals surface area contributed by atoms with Gasteiger partial charge in [-0.15, -0.1) is 0 Å². The van der Waals surface area contributed by atoms with Crippen molar-refractivity contribution in [1.82, 2.24) is 0 Å². The molecule has 0 aliphatic rings. The van der Waals surface area contributed by atoms with Crippen LogP contribution in [-0.2, 0) is 0 Å². The normalized spacial score (nSPS) is 11.8. The van der Waals surface area contributed by atoms with E-state index in [0.29, 0.717) is 0 Å². The average Bonchev–Trinajstić information content (AvgIpc) is 3.02. The molecule has 0 saturated carbocycles. The number of hydrogen-bond donors (Lipinski definition) is 0. The summed E-state index contributed by atoms with van der Waals surface area (Å²) in [6.45, 7) is 0. The van der Waals surface area contributed by atoms with Crippen LogP contribution in [0.15, 0.2) is 64.4 Å². The lowest BCUT2D eigenvalue weighted by atomic mass is 10.0. The Kier molecular flexibility index (Phi) is 2.93. The van der Waals surface area contributed by atoms with E-state index in [-0.39, 0.29) is 27.1 Å². The monoisotopic (exact) mass is 320 g/mol. The van der Waals surface area contributed by atoms with Crippen LogP contribution in [0.5, 0.6) is 0 Å². The Morgan fingerprint density at radius 1 is 0.667 bits per heavy atom. The second-order valence-electron chi connectivity index (χ2n) is 5.23. The third-order valence-electron chi connectivity index (χ3n) is 3.83. The van der Waals surface area contributed by atoms with Crippen LogP contribution >= 0.6 is 0 Å². The summed E-state index contributed by atoms with van der Waals surface area (Å²) >= 11 is 0. The van der Waals surface area contributed by atoms with E-state index < -0.39 is 22.5 Å². The first kappa shape index (κ1) is 14.1. The van der Waals surface area contributed by atoms with E-state index in [1.807, 2.05) is 30.3 Å². The quantitative estimate of drug-likeness (QED) is 0.521. The van der Waals surface area contributed by atoms with Gasteiger partial charge in [0.2, 0.25) is 0 Å². The fourth-order valence-corrected chi connectivity index (χ4v) is 2.76. The molecule has 116 valence electrons. The van der Waals surface area contributed by atoms with Crippen molar-refractivity contribution >= 4 is 33.7 Å². The minimum absolute atomic E-state index is 0.0300. The van der Waals surface area contributed by atoms with Crippen molar-refractivity contribution in [3.63, 3.8) is 0 Å². The van der Waals surface area contributed by atoms with Gasteiger partial charge in [-0.3, -0.25) is 0 Å². The molecule has 0 aliphatic heterocycles. The molecule has 6 nitrogen and oxygen atoms in total. The Balaban J connectivity index is 2.16. The molecule has 0 unspecified atom stereocenters. The molecule has 0 radical (unpaired) electrons. The second-order valence-corrected chi connectivity index (χ2v) is 5.23. The van der Waals surface area contributed by atoms with E-state index in [4.69, 9.17) is 0 Å². The highest BCUT2D eigenvalue weighted by atomic mass is 16.4. The Morgan fingerprint density at radius 3 is 1.75 bits per heavy atom. The molecule has 2 aromatic carbocycles. The third kappa shape index (κ3) is 1.97. The first-order valence-corrected chi connectivity index (χ1v) is 7.03. The van der Waals surface area contributed by atoms with Gasteiger partial charge in [0.1, 0.15) is 0 Å². The van der Waals surface area contributed by atoms with Crippen LogP contribution < -0.4 is 22.5 Å². The highest BCUT2D eigenvalue weighted by molar-refractivity contribution is 6.06. The summed E-state index contributed by atoms with van der Waals surface area (Å²) in [5, 5.41) is -0.147. The van der Waals surface area contributed by atoms with Crippen molar-refractivity contribution in [2.45, 2.75) is 0 Å². The first-order valence-electron chi connectivity index (χ1n) is 7.03. The van der Waals surface area contributed by atoms with Gasteiger partial charge >= 0.3 is 22.5 Å². The minimum Gasteiger partial charge on any atom is -0.386 e. The van der Waals surface area contributed by atoms with Crippen molar-refractivity contribution < 1.29 is 8.83 Å². The fourth-order valence-electron chi connectivity index (χ4n) is 2.76. The van der Waals surface area contributed by atoms with Gasteiger partial charge in [-0.2, -0.15) is 0 Å². The molecule has 0 N–H and O–H groups in total. The predicted molar refractivity (Wildman–Crippen MR) is 88.8 cm³/mol. The van der Waals surface area contributed by atoms with Crippen LogP contribution in [0.4, 0.5) is 0 Å². The molecule has 0 saturated heterocycles. The van der Waals surface area contributed by atoms with Crippen LogP contribution in [0.25, 0.3) is 33.7 Å². The van der Waals surface area contributed by atoms with Crippen LogP contribution in [0.1, 0.15) is 11.1 Å². The standard InChI is InChI=1S/C18H8O6/c19-15-11-8-12-14(18(22)24-16(12)20)10(13(11)17(21)23-15)7-6-9-4-2-1-3-5-9/h1-8H/b7-6+. The zero-order valence-electron chi connectivity index (χ0n) is 12.1. The molecule has 6 heteroatoms. The maximum Gasteiger partial charge on any atom is 0.347 e. The van der Waals surface area contributed by atoms with E-state index >= 15 is 0 Å². The number of rotatable bonds is 2. The van der Waals surface area contributed by atoms with E-state index in [9.17, 15) is 19.2 Å². The average molecular weight is 320 g/mol. The molecule has 2 heterocycles. The SMILES string of the molecule is O=c1oc(=O)c2c(/C=C/c3ccccc3)c3c(=O)oc(=O)c3cc12. The Hall–Kier alpha value is -3.54. The number of hydrogen-bond acceptors (Lipinski definition) is 6. The summed E-state index contributed by atoms with van der Waals surface area (Å²) in [4.78, 5) is 47.5. The van der Waals surface area contributed by atoms with Gasteiger partial charge in [0, 0.05) is 5.56 Å². The van der Waals surface area contributed by atoms with Crippen molar-refractivity contribution in [3.05, 3.63) is 89.2 Å². The van der Waals surface area contributed by atoms with Crippen molar-refractivity contribution in [1.29, 1.82) is 0 Å². The number of furan rings is 2. The topological polar surface area (TPSA) is 94.6 Å². The van der Waals surface area contributed by atoms with Gasteiger partial charge in [-0.25, -0.2) is 19.2 Å². The van der Waals surface area contributed by atoms with Gasteiger partial charge in [0.15, 0.2) is 0 Å². The smallest absolute Gasteiger partial charge is 0.347 e. The second kappa shape index (κ2) is 4.99. The fraction of sp³-hybridized carbons (Fsp3) is 0. The molecule has 0 aliphatic carbocycles. The zero-order chi connectivity index (χ0) is 16.8. The van der Waals surface area contributed by atoms with Gasteiger partial charge in [0.05, 0.1) is 21.5 Å². The maximum absolute atomic E-state index is 12.0. The van der Waals surface area contributed by atoms with Gasteiger partial charge in [0.25, 0.3) is 0 Å². The molecular formula is C18H8O6. The van der Waals surface area contributed by atoms with Crippen LogP contribution in [0.3, 0.4) is 0 Å². The van der Waals surface area contributed by atoms with Gasteiger partial charge in [-0.05, 0) is 11.6 Å². The van der Waals surface area contributed by atoms with Crippen LogP contribution in [0.2, 0.25) is 0 Å². The van der Waals surface area contributed by atoms with Crippen molar-refractivity contribution in [2.75, 3.05) is 0 Å². The molecular weight excluding hydrogens is 312 g/mol. The molecule has 0 fully saturated rings. The highest BCUT2D eigenvalue weighted by Gasteiger charge is 2.21. The van der Waals surface area contributed by atoms with Crippen LogP contribution in [0, 0.1) is 0 Å². The molecule has 4 aromatic rings. The summed E-state index contributed by atoms with van der Waals surface area (Å²) in [6, 6.07) is 10.3. The van der Waals surface area contributed by atoms with Crippen molar-refractivity contribution in [2.24, 2.45) is 0 Å². The van der Waals surface area contributed by atoms with Gasteiger partial charge < -0.3 is 8.83 Å². The lowest BCUT2D eigenvalue weighted by Gasteiger charge is -1.97. The molecule has 0 atom stereocenters. The lowest BCUT2D eigenvalue weighted by molar-refractivity contribution is 0.498. The molecule has 0 spiro atoms. The zero-order valence-corrected chi connectivity index (χ0v) is 12.1. The summed E-state index contributed by atoms with van der Waals surface area (Å²) in [7, 11) is 0. The third-order valence-corrected chi connectivity index (χ3v) is 3.83. The Labute approximate surface area is 132 Å². The predicted octanol–water partition coefficient (Wildman–Crippen LogP) is 1.67. The van der Waals surface area contributed by atoms with Gasteiger partial charge in [-0.1, -0.05) is 42.5 Å². The summed E-state index contributed by atoms with van der Waals surface area (Å²) in [6.07, 6.45) is 3.18. The summed E-state index contributed by atoms with van der Waals surface area (Å²) in [5.74, 6) is 0. The Bertz CT molecular complexity index is 1240. The molecule has 4 rings (SSSR count). The lowest BCUT2D eigenvalue weighted by Crippen LogP contribution is -1.99. The molecule has 0 amide bonds. The summed E-state index contributed by atoms with van der Waals surface area (Å²) < 4.78 is 9.20.